The Kier molecular flexibility index (Phi) is 4.43. The molecule has 3 rings (SSSR count). The first-order chi connectivity index (χ1) is 10.9. The molecule has 120 valence electrons. The second kappa shape index (κ2) is 6.21. The van der Waals surface area contributed by atoms with Crippen molar-refractivity contribution in [2.24, 2.45) is 0 Å². The highest BCUT2D eigenvalue weighted by Gasteiger charge is 2.45. The molecule has 0 bridgehead atoms. The summed E-state index contributed by atoms with van der Waals surface area (Å²) in [6.07, 6.45) is 0.552. The minimum Gasteiger partial charge on any atom is -0.292 e. The second-order valence-corrected chi connectivity index (χ2v) is 6.41. The average Bonchev–Trinajstić information content (AvgIpc) is 2.93. The van der Waals surface area contributed by atoms with Crippen molar-refractivity contribution < 1.29 is 9.18 Å². The number of hydrogen-bond acceptors (Lipinski definition) is 3. The molecule has 1 fully saturated rings. The van der Waals surface area contributed by atoms with Crippen LogP contribution in [-0.2, 0) is 5.54 Å². The molecule has 1 aliphatic rings. The van der Waals surface area contributed by atoms with Gasteiger partial charge < -0.3 is 0 Å². The Bertz CT molecular complexity index is 751. The normalized spacial score (nSPS) is 21.6. The van der Waals surface area contributed by atoms with Gasteiger partial charge in [0.05, 0.1) is 10.0 Å². The molecule has 0 radical (unpaired) electrons. The van der Waals surface area contributed by atoms with E-state index in [2.05, 4.69) is 5.43 Å². The molecule has 3 nitrogen and oxygen atoms in total. The van der Waals surface area contributed by atoms with E-state index < -0.39 is 5.54 Å². The highest BCUT2D eigenvalue weighted by Crippen LogP contribution is 2.37. The van der Waals surface area contributed by atoms with E-state index in [4.69, 9.17) is 23.2 Å². The van der Waals surface area contributed by atoms with E-state index in [9.17, 15) is 9.18 Å². The third-order valence-corrected chi connectivity index (χ3v) is 4.94. The van der Waals surface area contributed by atoms with Crippen LogP contribution in [0.1, 0.15) is 22.3 Å². The first-order valence-electron chi connectivity index (χ1n) is 7.18. The first-order valence-corrected chi connectivity index (χ1v) is 7.93. The summed E-state index contributed by atoms with van der Waals surface area (Å²) in [5.74, 6) is -0.524. The molecule has 6 heteroatoms. The van der Waals surface area contributed by atoms with E-state index in [0.29, 0.717) is 29.1 Å². The van der Waals surface area contributed by atoms with Crippen molar-refractivity contribution >= 4 is 29.0 Å². The van der Waals surface area contributed by atoms with Crippen LogP contribution in [0.3, 0.4) is 0 Å². The SMILES string of the molecule is CN1CCC(C(=O)c2cccc(Cl)c2Cl)(c2ccc(F)cc2)N1. The zero-order valence-corrected chi connectivity index (χ0v) is 14.0. The number of hydrogen-bond donors (Lipinski definition) is 1. The van der Waals surface area contributed by atoms with Gasteiger partial charge in [-0.1, -0.05) is 41.4 Å². The number of ketones is 1. The molecule has 2 aromatic rings. The molecule has 1 atom stereocenters. The van der Waals surface area contributed by atoms with Gasteiger partial charge in [0.1, 0.15) is 11.4 Å². The van der Waals surface area contributed by atoms with Gasteiger partial charge in [0.15, 0.2) is 5.78 Å². The Balaban J connectivity index is 2.11. The fourth-order valence-corrected chi connectivity index (χ4v) is 3.31. The summed E-state index contributed by atoms with van der Waals surface area (Å²) in [7, 11) is 1.86. The van der Waals surface area contributed by atoms with Crippen LogP contribution in [0.25, 0.3) is 0 Å². The zero-order chi connectivity index (χ0) is 16.6. The molecule has 1 heterocycles. The molecule has 0 saturated carbocycles. The number of benzene rings is 2. The van der Waals surface area contributed by atoms with Crippen molar-refractivity contribution in [2.45, 2.75) is 12.0 Å². The van der Waals surface area contributed by atoms with Crippen LogP contribution in [0.2, 0.25) is 10.0 Å². The third-order valence-electron chi connectivity index (χ3n) is 4.12. The van der Waals surface area contributed by atoms with E-state index in [1.54, 1.807) is 30.3 Å². The summed E-state index contributed by atoms with van der Waals surface area (Å²) in [4.78, 5) is 13.2. The van der Waals surface area contributed by atoms with Crippen molar-refractivity contribution in [2.75, 3.05) is 13.6 Å². The fraction of sp³-hybridized carbons (Fsp3) is 0.235. The van der Waals surface area contributed by atoms with E-state index in [1.807, 2.05) is 12.1 Å². The second-order valence-electron chi connectivity index (χ2n) is 5.63. The molecule has 0 aromatic heterocycles. The molecule has 0 aliphatic carbocycles. The minimum atomic E-state index is -0.975. The lowest BCUT2D eigenvalue weighted by molar-refractivity contribution is 0.0825. The Morgan fingerprint density at radius 1 is 1.22 bits per heavy atom. The van der Waals surface area contributed by atoms with E-state index >= 15 is 0 Å². The van der Waals surface area contributed by atoms with Gasteiger partial charge >= 0.3 is 0 Å². The van der Waals surface area contributed by atoms with Gasteiger partial charge in [-0.25, -0.2) is 14.8 Å². The third kappa shape index (κ3) is 2.88. The Hall–Kier alpha value is -1.46. The van der Waals surface area contributed by atoms with Crippen LogP contribution in [0.4, 0.5) is 4.39 Å². The quantitative estimate of drug-likeness (QED) is 0.845. The lowest BCUT2D eigenvalue weighted by Crippen LogP contribution is -2.48. The number of nitrogens with one attached hydrogen (secondary N) is 1. The lowest BCUT2D eigenvalue weighted by Gasteiger charge is -2.29. The maximum Gasteiger partial charge on any atom is 0.190 e. The van der Waals surface area contributed by atoms with Crippen molar-refractivity contribution in [3.63, 3.8) is 0 Å². The topological polar surface area (TPSA) is 32.3 Å². The van der Waals surface area contributed by atoms with Crippen molar-refractivity contribution in [3.05, 3.63) is 69.5 Å². The number of rotatable bonds is 3. The Morgan fingerprint density at radius 2 is 1.91 bits per heavy atom. The molecule has 1 unspecified atom stereocenters. The summed E-state index contributed by atoms with van der Waals surface area (Å²) in [6.45, 7) is 0.682. The molecular formula is C17H15Cl2FN2O. The molecule has 0 amide bonds. The van der Waals surface area contributed by atoms with Crippen LogP contribution in [-0.4, -0.2) is 24.4 Å². The standard InChI is InChI=1S/C17H15Cl2FN2O/c1-22-10-9-17(21-22,11-5-7-12(20)8-6-11)16(23)13-3-2-4-14(18)15(13)19/h2-8,21H,9-10H2,1H3. The maximum atomic E-state index is 13.3. The molecule has 2 aromatic carbocycles. The summed E-state index contributed by atoms with van der Waals surface area (Å²) in [5, 5.41) is 2.41. The van der Waals surface area contributed by atoms with Gasteiger partial charge in [-0.15, -0.1) is 0 Å². The molecular weight excluding hydrogens is 338 g/mol. The smallest absolute Gasteiger partial charge is 0.190 e. The Labute approximate surface area is 144 Å². The van der Waals surface area contributed by atoms with Gasteiger partial charge in [-0.3, -0.25) is 4.79 Å². The summed E-state index contributed by atoms with van der Waals surface area (Å²) >= 11 is 12.3. The fourth-order valence-electron chi connectivity index (χ4n) is 2.92. The average molecular weight is 353 g/mol. The van der Waals surface area contributed by atoms with Gasteiger partial charge in [0.25, 0.3) is 0 Å². The molecule has 1 saturated heterocycles. The van der Waals surface area contributed by atoms with Gasteiger partial charge in [-0.05, 0) is 36.2 Å². The highest BCUT2D eigenvalue weighted by molar-refractivity contribution is 6.44. The molecule has 1 N–H and O–H groups in total. The minimum absolute atomic E-state index is 0.180. The molecule has 23 heavy (non-hydrogen) atoms. The lowest BCUT2D eigenvalue weighted by atomic mass is 9.81. The van der Waals surface area contributed by atoms with Crippen molar-refractivity contribution in [3.8, 4) is 0 Å². The van der Waals surface area contributed by atoms with Crippen LogP contribution < -0.4 is 5.43 Å². The predicted octanol–water partition coefficient (Wildman–Crippen LogP) is 4.05. The van der Waals surface area contributed by atoms with E-state index in [0.717, 1.165) is 0 Å². The first kappa shape index (κ1) is 16.4. The summed E-state index contributed by atoms with van der Waals surface area (Å²) < 4.78 is 13.3. The number of hydrazine groups is 1. The predicted molar refractivity (Wildman–Crippen MR) is 89.3 cm³/mol. The molecule has 1 aliphatic heterocycles. The van der Waals surface area contributed by atoms with Gasteiger partial charge in [0, 0.05) is 19.2 Å². The molecule has 0 spiro atoms. The van der Waals surface area contributed by atoms with Crippen molar-refractivity contribution in [1.82, 2.24) is 10.4 Å². The van der Waals surface area contributed by atoms with Crippen LogP contribution in [0.5, 0.6) is 0 Å². The summed E-state index contributed by atoms with van der Waals surface area (Å²) in [5.41, 5.74) is 3.28. The largest absolute Gasteiger partial charge is 0.292 e. The number of carbonyl (C=O) groups is 1. The Morgan fingerprint density at radius 3 is 2.52 bits per heavy atom. The van der Waals surface area contributed by atoms with Gasteiger partial charge in [-0.2, -0.15) is 0 Å². The van der Waals surface area contributed by atoms with Crippen LogP contribution in [0, 0.1) is 5.82 Å². The van der Waals surface area contributed by atoms with Gasteiger partial charge in [0.2, 0.25) is 0 Å². The van der Waals surface area contributed by atoms with E-state index in [1.165, 1.54) is 12.1 Å². The van der Waals surface area contributed by atoms with Crippen molar-refractivity contribution in [1.29, 1.82) is 0 Å². The maximum absolute atomic E-state index is 13.3. The summed E-state index contributed by atoms with van der Waals surface area (Å²) in [6, 6.07) is 10.9. The zero-order valence-electron chi connectivity index (χ0n) is 12.4. The van der Waals surface area contributed by atoms with E-state index in [-0.39, 0.29) is 16.6 Å². The number of carbonyl (C=O) groups excluding carboxylic acids is 1. The highest BCUT2D eigenvalue weighted by atomic mass is 35.5. The van der Waals surface area contributed by atoms with Crippen LogP contribution in [0.15, 0.2) is 42.5 Å². The number of halogens is 3. The monoisotopic (exact) mass is 352 g/mol. The number of nitrogens with zero attached hydrogens (tertiary/aromatic N) is 1. The van der Waals surface area contributed by atoms with Crippen LogP contribution >= 0.6 is 23.2 Å². The number of Topliss-reactive ketones (excluding diaryl/α,β-unsaturated/α-hetero) is 1.